The summed E-state index contributed by atoms with van der Waals surface area (Å²) >= 11 is 1.22. The smallest absolute Gasteiger partial charge is 0.420 e. The molecule has 0 aliphatic carbocycles. The van der Waals surface area contributed by atoms with Crippen molar-refractivity contribution in [3.05, 3.63) is 58.0 Å². The van der Waals surface area contributed by atoms with Crippen LogP contribution in [0.3, 0.4) is 0 Å². The Kier molecular flexibility index (Phi) is 7.66. The van der Waals surface area contributed by atoms with Gasteiger partial charge in [0.05, 0.1) is 29.2 Å². The van der Waals surface area contributed by atoms with Crippen LogP contribution in [0, 0.1) is 11.3 Å². The molecule has 0 radical (unpaired) electrons. The van der Waals surface area contributed by atoms with E-state index in [-0.39, 0.29) is 23.0 Å². The summed E-state index contributed by atoms with van der Waals surface area (Å²) in [5, 5.41) is 12.1. The monoisotopic (exact) mass is 475 g/mol. The Morgan fingerprint density at radius 3 is 2.61 bits per heavy atom. The molecule has 0 atom stereocenters. The van der Waals surface area contributed by atoms with E-state index in [0.29, 0.717) is 22.2 Å². The van der Waals surface area contributed by atoms with Crippen molar-refractivity contribution in [1.29, 1.82) is 5.26 Å². The largest absolute Gasteiger partial charge is 0.493 e. The fourth-order valence-electron chi connectivity index (χ4n) is 2.88. The number of nitrogens with one attached hydrogen (secondary N) is 1. The molecule has 1 aliphatic heterocycles. The van der Waals surface area contributed by atoms with Gasteiger partial charge in [0, 0.05) is 6.54 Å². The number of carbonyl (C=O) groups excluding carboxylic acids is 1. The van der Waals surface area contributed by atoms with E-state index in [2.05, 4.69) is 17.2 Å². The van der Waals surface area contributed by atoms with Gasteiger partial charge in [0.15, 0.2) is 16.7 Å². The zero-order valence-corrected chi connectivity index (χ0v) is 18.6. The van der Waals surface area contributed by atoms with Crippen LogP contribution in [0.15, 0.2) is 46.3 Å². The van der Waals surface area contributed by atoms with E-state index >= 15 is 0 Å². The van der Waals surface area contributed by atoms with E-state index in [1.54, 1.807) is 24.3 Å². The number of alkyl halides is 3. The van der Waals surface area contributed by atoms with Crippen LogP contribution in [0.2, 0.25) is 0 Å². The number of nitriles is 1. The normalized spacial score (nSPS) is 16.1. The minimum atomic E-state index is -4.71. The fraction of sp³-hybridized carbons (Fsp3) is 0.261. The van der Waals surface area contributed by atoms with Crippen molar-refractivity contribution >= 4 is 28.9 Å². The van der Waals surface area contributed by atoms with Crippen LogP contribution in [0.1, 0.15) is 36.5 Å². The van der Waals surface area contributed by atoms with Crippen LogP contribution in [0.5, 0.6) is 17.2 Å². The highest BCUT2D eigenvalue weighted by atomic mass is 32.2. The van der Waals surface area contributed by atoms with Crippen LogP contribution in [0.4, 0.5) is 13.2 Å². The zero-order valence-electron chi connectivity index (χ0n) is 17.8. The molecule has 2 aromatic rings. The molecule has 2 aromatic carbocycles. The lowest BCUT2D eigenvalue weighted by Gasteiger charge is -2.16. The van der Waals surface area contributed by atoms with Crippen LogP contribution in [0.25, 0.3) is 6.08 Å². The molecule has 0 spiro atoms. The predicted octanol–water partition coefficient (Wildman–Crippen LogP) is 5.74. The van der Waals surface area contributed by atoms with Crippen molar-refractivity contribution < 1.29 is 27.4 Å². The molecule has 1 aliphatic rings. The van der Waals surface area contributed by atoms with E-state index in [0.717, 1.165) is 25.0 Å². The summed E-state index contributed by atoms with van der Waals surface area (Å²) in [5.41, 5.74) is -0.597. The third-order valence-corrected chi connectivity index (χ3v) is 5.49. The van der Waals surface area contributed by atoms with E-state index < -0.39 is 17.5 Å². The Morgan fingerprint density at radius 1 is 1.18 bits per heavy atom. The number of hydrogen-bond acceptors (Lipinski definition) is 6. The molecule has 172 valence electrons. The van der Waals surface area contributed by atoms with Gasteiger partial charge < -0.3 is 14.8 Å². The maximum atomic E-state index is 13.4. The summed E-state index contributed by atoms with van der Waals surface area (Å²) in [6.07, 6.45) is -1.15. The highest BCUT2D eigenvalue weighted by Gasteiger charge is 2.35. The molecule has 0 saturated carbocycles. The van der Waals surface area contributed by atoms with Gasteiger partial charge >= 0.3 is 6.18 Å². The Bertz CT molecular complexity index is 1150. The van der Waals surface area contributed by atoms with E-state index in [4.69, 9.17) is 14.7 Å². The summed E-state index contributed by atoms with van der Waals surface area (Å²) in [6, 6.07) is 9.36. The molecule has 33 heavy (non-hydrogen) atoms. The topological polar surface area (TPSA) is 83.7 Å². The molecule has 0 aromatic heterocycles. The third-order valence-electron chi connectivity index (χ3n) is 4.54. The Hall–Kier alpha value is -3.45. The van der Waals surface area contributed by atoms with Gasteiger partial charge in [-0.3, -0.25) is 9.79 Å². The molecule has 0 bridgehead atoms. The molecule has 1 amide bonds. The molecule has 6 nitrogen and oxygen atoms in total. The van der Waals surface area contributed by atoms with Gasteiger partial charge in [-0.25, -0.2) is 0 Å². The molecular formula is C23H20F3N3O3S. The SMILES string of the molecule is CCCCN=C1NC(=O)/C(=C/c2ccc(Oc3ccc(C#N)cc3C(F)(F)F)c(OC)c2)S1. The van der Waals surface area contributed by atoms with Crippen molar-refractivity contribution in [2.75, 3.05) is 13.7 Å². The van der Waals surface area contributed by atoms with Crippen LogP contribution in [-0.4, -0.2) is 24.7 Å². The number of unbranched alkanes of at least 4 members (excludes halogenated alkanes) is 1. The van der Waals surface area contributed by atoms with Gasteiger partial charge in [-0.05, 0) is 60.2 Å². The van der Waals surface area contributed by atoms with Gasteiger partial charge in [-0.2, -0.15) is 18.4 Å². The zero-order chi connectivity index (χ0) is 24.0. The molecule has 0 unspecified atom stereocenters. The average Bonchev–Trinajstić information content (AvgIpc) is 3.13. The average molecular weight is 475 g/mol. The van der Waals surface area contributed by atoms with Gasteiger partial charge in [0.25, 0.3) is 5.91 Å². The van der Waals surface area contributed by atoms with Crippen molar-refractivity contribution in [1.82, 2.24) is 5.32 Å². The first-order valence-electron chi connectivity index (χ1n) is 9.97. The Labute approximate surface area is 193 Å². The lowest BCUT2D eigenvalue weighted by molar-refractivity contribution is -0.138. The second-order valence-electron chi connectivity index (χ2n) is 6.94. The standard InChI is InChI=1S/C23H20F3N3O3S/c1-3-4-9-28-22-29-21(30)20(33-22)12-14-5-8-18(19(11-14)31-2)32-17-7-6-15(13-27)10-16(17)23(24,25)26/h5-8,10-12H,3-4,9H2,1-2H3,(H,28,29,30)/b20-12-. The number of ether oxygens (including phenoxy) is 2. The summed E-state index contributed by atoms with van der Waals surface area (Å²) < 4.78 is 51.1. The highest BCUT2D eigenvalue weighted by molar-refractivity contribution is 8.18. The molecule has 1 saturated heterocycles. The van der Waals surface area contributed by atoms with E-state index in [1.165, 1.54) is 31.0 Å². The molecule has 1 heterocycles. The maximum absolute atomic E-state index is 13.4. The first-order valence-corrected chi connectivity index (χ1v) is 10.8. The number of amides is 1. The molecule has 10 heteroatoms. The minimum Gasteiger partial charge on any atom is -0.493 e. The predicted molar refractivity (Wildman–Crippen MR) is 120 cm³/mol. The minimum absolute atomic E-state index is 0.0557. The summed E-state index contributed by atoms with van der Waals surface area (Å²) in [4.78, 5) is 17.0. The van der Waals surface area contributed by atoms with Gasteiger partial charge in [0.1, 0.15) is 5.75 Å². The number of rotatable bonds is 7. The molecule has 1 N–H and O–H groups in total. The second-order valence-corrected chi connectivity index (χ2v) is 7.97. The number of thioether (sulfide) groups is 1. The number of aliphatic imine (C=N–C) groups is 1. The second kappa shape index (κ2) is 10.4. The maximum Gasteiger partial charge on any atom is 0.420 e. The van der Waals surface area contributed by atoms with Crippen LogP contribution in [-0.2, 0) is 11.0 Å². The molecular weight excluding hydrogens is 455 g/mol. The number of carbonyl (C=O) groups is 1. The van der Waals surface area contributed by atoms with Crippen molar-refractivity contribution in [3.63, 3.8) is 0 Å². The van der Waals surface area contributed by atoms with Gasteiger partial charge in [0.2, 0.25) is 0 Å². The number of hydrogen-bond donors (Lipinski definition) is 1. The number of amidine groups is 1. The lowest BCUT2D eigenvalue weighted by Crippen LogP contribution is -2.19. The number of nitrogens with zero attached hydrogens (tertiary/aromatic N) is 2. The van der Waals surface area contributed by atoms with Gasteiger partial charge in [-0.15, -0.1) is 0 Å². The Balaban J connectivity index is 1.86. The summed E-state index contributed by atoms with van der Waals surface area (Å²) in [5.74, 6) is -0.492. The van der Waals surface area contributed by atoms with Crippen LogP contribution >= 0.6 is 11.8 Å². The molecule has 3 rings (SSSR count). The van der Waals surface area contributed by atoms with Crippen molar-refractivity contribution in [2.45, 2.75) is 25.9 Å². The van der Waals surface area contributed by atoms with Crippen LogP contribution < -0.4 is 14.8 Å². The number of benzene rings is 2. The quantitative estimate of drug-likeness (QED) is 0.408. The highest BCUT2D eigenvalue weighted by Crippen LogP contribution is 2.41. The van der Waals surface area contributed by atoms with Crippen molar-refractivity contribution in [2.24, 2.45) is 4.99 Å². The summed E-state index contributed by atoms with van der Waals surface area (Å²) in [7, 11) is 1.36. The van der Waals surface area contributed by atoms with E-state index in [1.807, 2.05) is 0 Å². The first-order chi connectivity index (χ1) is 15.7. The van der Waals surface area contributed by atoms with Gasteiger partial charge in [-0.1, -0.05) is 19.4 Å². The number of halogens is 3. The lowest BCUT2D eigenvalue weighted by atomic mass is 10.1. The van der Waals surface area contributed by atoms with E-state index in [9.17, 15) is 18.0 Å². The summed E-state index contributed by atoms with van der Waals surface area (Å²) in [6.45, 7) is 2.68. The number of methoxy groups -OCH3 is 1. The molecule has 1 fully saturated rings. The Morgan fingerprint density at radius 2 is 1.94 bits per heavy atom. The fourth-order valence-corrected chi connectivity index (χ4v) is 3.73. The first kappa shape index (κ1) is 24.2. The third kappa shape index (κ3) is 6.08. The van der Waals surface area contributed by atoms with Crippen molar-refractivity contribution in [3.8, 4) is 23.3 Å².